The summed E-state index contributed by atoms with van der Waals surface area (Å²) in [5, 5.41) is 12.6. The molecule has 0 aliphatic carbocycles. The van der Waals surface area contributed by atoms with Crippen LogP contribution in [0.15, 0.2) is 24.4 Å². The molecule has 1 heterocycles. The lowest BCUT2D eigenvalue weighted by Gasteiger charge is -2.06. The topological polar surface area (TPSA) is 79.3 Å². The monoisotopic (exact) mass is 304 g/mol. The van der Waals surface area contributed by atoms with Crippen molar-refractivity contribution in [3.8, 4) is 0 Å². The van der Waals surface area contributed by atoms with E-state index < -0.39 is 5.97 Å². The molecular weight excluding hydrogens is 288 g/mol. The standard InChI is InChI=1S/C15H16N2O3S/c1-8(2)14-16-7-12(21-14)13(18)17-10-4-5-11(15(19)20)9(3)6-10/h4-8H,1-3H3,(H,17,18)(H,19,20). The van der Waals surface area contributed by atoms with Gasteiger partial charge < -0.3 is 10.4 Å². The molecule has 0 aliphatic rings. The molecule has 0 saturated heterocycles. The van der Waals surface area contributed by atoms with Crippen LogP contribution in [-0.2, 0) is 0 Å². The quantitative estimate of drug-likeness (QED) is 0.905. The first-order chi connectivity index (χ1) is 9.88. The number of carboxylic acid groups (broad SMARTS) is 1. The Kier molecular flexibility index (Phi) is 4.37. The van der Waals surface area contributed by atoms with Crippen LogP contribution < -0.4 is 5.32 Å². The van der Waals surface area contributed by atoms with Gasteiger partial charge in [-0.1, -0.05) is 13.8 Å². The molecule has 0 unspecified atom stereocenters. The van der Waals surface area contributed by atoms with Crippen LogP contribution in [0, 0.1) is 6.92 Å². The molecule has 0 atom stereocenters. The second kappa shape index (κ2) is 6.05. The lowest BCUT2D eigenvalue weighted by atomic mass is 10.1. The maximum absolute atomic E-state index is 12.1. The van der Waals surface area contributed by atoms with Gasteiger partial charge in [0.25, 0.3) is 5.91 Å². The van der Waals surface area contributed by atoms with Gasteiger partial charge in [0.1, 0.15) is 4.88 Å². The molecule has 0 aliphatic heterocycles. The number of carbonyl (C=O) groups excluding carboxylic acids is 1. The second-order valence-electron chi connectivity index (χ2n) is 5.01. The maximum atomic E-state index is 12.1. The number of amides is 1. The highest BCUT2D eigenvalue weighted by atomic mass is 32.1. The van der Waals surface area contributed by atoms with E-state index in [9.17, 15) is 9.59 Å². The van der Waals surface area contributed by atoms with Gasteiger partial charge in [-0.05, 0) is 30.7 Å². The summed E-state index contributed by atoms with van der Waals surface area (Å²) in [4.78, 5) is 27.8. The number of aromatic nitrogens is 1. The number of nitrogens with one attached hydrogen (secondary N) is 1. The number of thiazole rings is 1. The predicted molar refractivity (Wildman–Crippen MR) is 82.3 cm³/mol. The zero-order valence-corrected chi connectivity index (χ0v) is 12.8. The normalized spacial score (nSPS) is 10.7. The molecule has 6 heteroatoms. The van der Waals surface area contributed by atoms with Crippen molar-refractivity contribution in [1.82, 2.24) is 4.98 Å². The summed E-state index contributed by atoms with van der Waals surface area (Å²) in [5.74, 6) is -0.926. The Hall–Kier alpha value is -2.21. The van der Waals surface area contributed by atoms with Crippen molar-refractivity contribution < 1.29 is 14.7 Å². The van der Waals surface area contributed by atoms with Crippen molar-refractivity contribution in [2.45, 2.75) is 26.7 Å². The van der Waals surface area contributed by atoms with E-state index >= 15 is 0 Å². The van der Waals surface area contributed by atoms with Crippen LogP contribution >= 0.6 is 11.3 Å². The second-order valence-corrected chi connectivity index (χ2v) is 6.07. The number of carbonyl (C=O) groups is 2. The van der Waals surface area contributed by atoms with Gasteiger partial charge in [0.15, 0.2) is 0 Å². The summed E-state index contributed by atoms with van der Waals surface area (Å²) in [5.41, 5.74) is 1.40. The molecule has 1 aromatic carbocycles. The Labute approximate surface area is 126 Å². The van der Waals surface area contributed by atoms with Crippen LogP contribution in [0.2, 0.25) is 0 Å². The summed E-state index contributed by atoms with van der Waals surface area (Å²) in [7, 11) is 0. The number of nitrogens with zero attached hydrogens (tertiary/aromatic N) is 1. The Bertz CT molecular complexity index is 692. The van der Waals surface area contributed by atoms with Crippen molar-refractivity contribution in [2.24, 2.45) is 0 Å². The van der Waals surface area contributed by atoms with Gasteiger partial charge >= 0.3 is 5.97 Å². The van der Waals surface area contributed by atoms with Gasteiger partial charge in [-0.15, -0.1) is 11.3 Å². The van der Waals surface area contributed by atoms with E-state index in [4.69, 9.17) is 5.11 Å². The summed E-state index contributed by atoms with van der Waals surface area (Å²) in [6, 6.07) is 4.71. The summed E-state index contributed by atoms with van der Waals surface area (Å²) in [6.07, 6.45) is 1.56. The van der Waals surface area contributed by atoms with E-state index in [1.54, 1.807) is 25.3 Å². The number of benzene rings is 1. The van der Waals surface area contributed by atoms with Gasteiger partial charge in [-0.2, -0.15) is 0 Å². The Morgan fingerprint density at radius 2 is 2.05 bits per heavy atom. The number of aryl methyl sites for hydroxylation is 1. The van der Waals surface area contributed by atoms with Crippen molar-refractivity contribution in [1.29, 1.82) is 0 Å². The number of rotatable bonds is 4. The number of hydrogen-bond donors (Lipinski definition) is 2. The summed E-state index contributed by atoms with van der Waals surface area (Å²) in [6.45, 7) is 5.74. The van der Waals surface area contributed by atoms with Crippen LogP contribution in [0.1, 0.15) is 50.4 Å². The molecule has 0 fully saturated rings. The maximum Gasteiger partial charge on any atom is 0.335 e. The smallest absolute Gasteiger partial charge is 0.335 e. The molecule has 1 amide bonds. The van der Waals surface area contributed by atoms with Gasteiger partial charge in [0.05, 0.1) is 16.8 Å². The highest BCUT2D eigenvalue weighted by Gasteiger charge is 2.14. The molecule has 1 aromatic heterocycles. The average Bonchev–Trinajstić information content (AvgIpc) is 2.88. The first-order valence-electron chi connectivity index (χ1n) is 6.49. The fraction of sp³-hybridized carbons (Fsp3) is 0.267. The summed E-state index contributed by atoms with van der Waals surface area (Å²) < 4.78 is 0. The fourth-order valence-electron chi connectivity index (χ4n) is 1.83. The van der Waals surface area contributed by atoms with Crippen molar-refractivity contribution in [3.63, 3.8) is 0 Å². The molecule has 21 heavy (non-hydrogen) atoms. The molecule has 2 aromatic rings. The number of hydrogen-bond acceptors (Lipinski definition) is 4. The van der Waals surface area contributed by atoms with Crippen molar-refractivity contribution in [3.05, 3.63) is 45.4 Å². The zero-order valence-electron chi connectivity index (χ0n) is 12.0. The van der Waals surface area contributed by atoms with Crippen LogP contribution in [0.4, 0.5) is 5.69 Å². The Morgan fingerprint density at radius 3 is 2.57 bits per heavy atom. The van der Waals surface area contributed by atoms with Crippen LogP contribution in [0.3, 0.4) is 0 Å². The lowest BCUT2D eigenvalue weighted by molar-refractivity contribution is 0.0696. The third kappa shape index (κ3) is 3.46. The molecule has 0 saturated carbocycles. The molecule has 2 rings (SSSR count). The Morgan fingerprint density at radius 1 is 1.33 bits per heavy atom. The minimum Gasteiger partial charge on any atom is -0.478 e. The first-order valence-corrected chi connectivity index (χ1v) is 7.31. The average molecular weight is 304 g/mol. The number of anilines is 1. The van der Waals surface area contributed by atoms with E-state index in [1.165, 1.54) is 17.4 Å². The van der Waals surface area contributed by atoms with Gasteiger partial charge in [0, 0.05) is 11.6 Å². The summed E-state index contributed by atoms with van der Waals surface area (Å²) >= 11 is 1.36. The Balaban J connectivity index is 2.15. The highest BCUT2D eigenvalue weighted by Crippen LogP contribution is 2.22. The van der Waals surface area contributed by atoms with Crippen LogP contribution in [-0.4, -0.2) is 22.0 Å². The zero-order chi connectivity index (χ0) is 15.6. The SMILES string of the molecule is Cc1cc(NC(=O)c2cnc(C(C)C)s2)ccc1C(=O)O. The van der Waals surface area contributed by atoms with Gasteiger partial charge in [-0.25, -0.2) is 9.78 Å². The van der Waals surface area contributed by atoms with Crippen molar-refractivity contribution >= 4 is 28.9 Å². The van der Waals surface area contributed by atoms with Crippen molar-refractivity contribution in [2.75, 3.05) is 5.32 Å². The van der Waals surface area contributed by atoms with Gasteiger partial charge in [-0.3, -0.25) is 4.79 Å². The number of carboxylic acids is 1. The van der Waals surface area contributed by atoms with E-state index in [2.05, 4.69) is 10.3 Å². The van der Waals surface area contributed by atoms with E-state index in [1.807, 2.05) is 13.8 Å². The third-order valence-electron chi connectivity index (χ3n) is 2.96. The van der Waals surface area contributed by atoms with Crippen LogP contribution in [0.25, 0.3) is 0 Å². The third-order valence-corrected chi connectivity index (χ3v) is 4.25. The van der Waals surface area contributed by atoms with Gasteiger partial charge in [0.2, 0.25) is 0 Å². The molecule has 5 nitrogen and oxygen atoms in total. The predicted octanol–water partition coefficient (Wildman–Crippen LogP) is 3.53. The molecule has 0 radical (unpaired) electrons. The van der Waals surface area contributed by atoms with E-state index in [0.29, 0.717) is 16.1 Å². The molecular formula is C15H16N2O3S. The first kappa shape index (κ1) is 15.2. The number of aromatic carboxylic acids is 1. The lowest BCUT2D eigenvalue weighted by Crippen LogP contribution is -2.11. The minimum atomic E-state index is -0.977. The molecule has 0 spiro atoms. The van der Waals surface area contributed by atoms with E-state index in [0.717, 1.165) is 5.01 Å². The fourth-order valence-corrected chi connectivity index (χ4v) is 2.65. The minimum absolute atomic E-state index is 0.230. The van der Waals surface area contributed by atoms with Crippen LogP contribution in [0.5, 0.6) is 0 Å². The molecule has 0 bridgehead atoms. The van der Waals surface area contributed by atoms with E-state index in [-0.39, 0.29) is 17.4 Å². The highest BCUT2D eigenvalue weighted by molar-refractivity contribution is 7.13. The molecule has 110 valence electrons. The molecule has 2 N–H and O–H groups in total. The largest absolute Gasteiger partial charge is 0.478 e.